The molecule has 35 heavy (non-hydrogen) atoms. The lowest BCUT2D eigenvalue weighted by Crippen LogP contribution is -2.02. The summed E-state index contributed by atoms with van der Waals surface area (Å²) in [6.07, 6.45) is 0.765. The van der Waals surface area contributed by atoms with Gasteiger partial charge in [-0.15, -0.1) is 24.8 Å². The zero-order valence-electron chi connectivity index (χ0n) is 19.5. The lowest BCUT2D eigenvalue weighted by molar-refractivity contribution is 0.0697. The van der Waals surface area contributed by atoms with Crippen LogP contribution in [-0.2, 0) is 13.0 Å². The minimum absolute atomic E-state index is 0. The fraction of sp³-hybridized carbons (Fsp3) is 0.143. The van der Waals surface area contributed by atoms with Gasteiger partial charge in [0.2, 0.25) is 5.88 Å². The molecule has 5 nitrogen and oxygen atoms in total. The second kappa shape index (κ2) is 12.4. The van der Waals surface area contributed by atoms with Crippen LogP contribution in [0.2, 0.25) is 0 Å². The third kappa shape index (κ3) is 6.61. The number of carbonyl (C=O) groups is 1. The van der Waals surface area contributed by atoms with Crippen LogP contribution in [-0.4, -0.2) is 16.1 Å². The summed E-state index contributed by atoms with van der Waals surface area (Å²) >= 11 is 0. The topological polar surface area (TPSA) is 85.4 Å². The van der Waals surface area contributed by atoms with Crippen molar-refractivity contribution in [2.75, 3.05) is 0 Å². The Balaban J connectivity index is 0.00000216. The summed E-state index contributed by atoms with van der Waals surface area (Å²) in [5, 5.41) is 9.69. The predicted molar refractivity (Wildman–Crippen MR) is 145 cm³/mol. The molecule has 0 aliphatic heterocycles. The Morgan fingerprint density at radius 3 is 2.40 bits per heavy atom. The predicted octanol–water partition coefficient (Wildman–Crippen LogP) is 7.08. The highest BCUT2D eigenvalue weighted by Gasteiger charge is 2.14. The number of ether oxygens (including phenoxy) is 1. The molecule has 182 valence electrons. The lowest BCUT2D eigenvalue weighted by Gasteiger charge is -2.12. The average Bonchev–Trinajstić information content (AvgIpc) is 2.83. The number of aromatic nitrogens is 1. The van der Waals surface area contributed by atoms with Gasteiger partial charge in [-0.1, -0.05) is 49.4 Å². The highest BCUT2D eigenvalue weighted by molar-refractivity contribution is 5.95. The molecule has 0 aliphatic rings. The smallest absolute Gasteiger partial charge is 0.336 e. The number of carboxylic acid groups (broad SMARTS) is 1. The number of aryl methyl sites for hydroxylation is 2. The van der Waals surface area contributed by atoms with E-state index in [0.29, 0.717) is 29.4 Å². The second-order valence-corrected chi connectivity index (χ2v) is 7.94. The van der Waals surface area contributed by atoms with Gasteiger partial charge < -0.3 is 15.6 Å². The number of halogens is 2. The van der Waals surface area contributed by atoms with Crippen molar-refractivity contribution in [1.82, 2.24) is 4.98 Å². The van der Waals surface area contributed by atoms with Crippen LogP contribution in [0, 0.1) is 6.92 Å². The third-order valence-electron chi connectivity index (χ3n) is 5.49. The Morgan fingerprint density at radius 2 is 1.69 bits per heavy atom. The summed E-state index contributed by atoms with van der Waals surface area (Å²) in [6, 6.07) is 25.0. The Hall–Kier alpha value is -3.38. The van der Waals surface area contributed by atoms with Gasteiger partial charge in [0.1, 0.15) is 5.75 Å². The number of rotatable bonds is 7. The van der Waals surface area contributed by atoms with Gasteiger partial charge in [-0.05, 0) is 71.5 Å². The molecule has 3 N–H and O–H groups in total. The Kier molecular flexibility index (Phi) is 9.84. The molecule has 0 saturated carbocycles. The van der Waals surface area contributed by atoms with Crippen LogP contribution < -0.4 is 10.5 Å². The highest BCUT2D eigenvalue weighted by Crippen LogP contribution is 2.31. The minimum atomic E-state index is -0.976. The van der Waals surface area contributed by atoms with Crippen molar-refractivity contribution in [3.8, 4) is 34.0 Å². The largest absolute Gasteiger partial charge is 0.478 e. The molecule has 0 radical (unpaired) electrons. The van der Waals surface area contributed by atoms with Gasteiger partial charge in [-0.25, -0.2) is 9.78 Å². The lowest BCUT2D eigenvalue weighted by atomic mass is 10.00. The summed E-state index contributed by atoms with van der Waals surface area (Å²) in [4.78, 5) is 16.4. The SMILES string of the molecule is CCc1ccc(-c2cccc(Oc3cc(C)cc(-c4cccc(CN)c4)c3)n2)c(C(=O)O)c1.Cl.Cl. The van der Waals surface area contributed by atoms with Crippen molar-refractivity contribution >= 4 is 30.8 Å². The first-order valence-electron chi connectivity index (χ1n) is 10.9. The summed E-state index contributed by atoms with van der Waals surface area (Å²) < 4.78 is 6.10. The van der Waals surface area contributed by atoms with Crippen molar-refractivity contribution in [1.29, 1.82) is 0 Å². The van der Waals surface area contributed by atoms with E-state index >= 15 is 0 Å². The molecule has 0 amide bonds. The van der Waals surface area contributed by atoms with Crippen LogP contribution in [0.5, 0.6) is 11.6 Å². The summed E-state index contributed by atoms with van der Waals surface area (Å²) in [6.45, 7) is 4.49. The Morgan fingerprint density at radius 1 is 0.914 bits per heavy atom. The molecule has 4 aromatic rings. The standard InChI is InChI=1S/C28H26N2O3.2ClH/c1-3-19-10-11-24(25(15-19)28(31)32)26-8-5-9-27(30-26)33-23-13-18(2)12-22(16-23)21-7-4-6-20(14-21)17-29;;/h4-16H,3,17,29H2,1-2H3,(H,31,32);2*1H. The number of carboxylic acids is 1. The van der Waals surface area contributed by atoms with Crippen LogP contribution in [0.15, 0.2) is 78.9 Å². The molecule has 1 heterocycles. The molecule has 1 aromatic heterocycles. The molecule has 7 heteroatoms. The number of nitrogens with two attached hydrogens (primary N) is 1. The summed E-state index contributed by atoms with van der Waals surface area (Å²) in [5.41, 5.74) is 12.3. The monoisotopic (exact) mass is 510 g/mol. The van der Waals surface area contributed by atoms with Gasteiger partial charge in [0, 0.05) is 18.2 Å². The molecule has 0 fully saturated rings. The Labute approximate surface area is 217 Å². The van der Waals surface area contributed by atoms with Crippen LogP contribution in [0.25, 0.3) is 22.4 Å². The van der Waals surface area contributed by atoms with Crippen molar-refractivity contribution in [3.05, 3.63) is 101 Å². The van der Waals surface area contributed by atoms with Gasteiger partial charge in [0.25, 0.3) is 0 Å². The van der Waals surface area contributed by atoms with E-state index in [1.807, 2.05) is 62.4 Å². The first-order chi connectivity index (χ1) is 16.0. The first-order valence-corrected chi connectivity index (χ1v) is 10.9. The molecular weight excluding hydrogens is 483 g/mol. The van der Waals surface area contributed by atoms with Crippen LogP contribution >= 0.6 is 24.8 Å². The second-order valence-electron chi connectivity index (χ2n) is 7.94. The number of pyridine rings is 1. The third-order valence-corrected chi connectivity index (χ3v) is 5.49. The van der Waals surface area contributed by atoms with Crippen LogP contribution in [0.1, 0.15) is 34.0 Å². The quantitative estimate of drug-likeness (QED) is 0.277. The van der Waals surface area contributed by atoms with Crippen molar-refractivity contribution < 1.29 is 14.6 Å². The number of nitrogens with zero attached hydrogens (tertiary/aromatic N) is 1. The van der Waals surface area contributed by atoms with Crippen molar-refractivity contribution in [2.45, 2.75) is 26.8 Å². The molecule has 0 unspecified atom stereocenters. The van der Waals surface area contributed by atoms with E-state index in [2.05, 4.69) is 17.1 Å². The molecule has 0 bridgehead atoms. The van der Waals surface area contributed by atoms with Gasteiger partial charge in [0.05, 0.1) is 11.3 Å². The molecule has 3 aromatic carbocycles. The summed E-state index contributed by atoms with van der Waals surface area (Å²) in [7, 11) is 0. The molecule has 4 rings (SSSR count). The van der Waals surface area contributed by atoms with E-state index in [1.54, 1.807) is 18.2 Å². The van der Waals surface area contributed by atoms with E-state index in [-0.39, 0.29) is 30.4 Å². The van der Waals surface area contributed by atoms with Crippen LogP contribution in [0.3, 0.4) is 0 Å². The van der Waals surface area contributed by atoms with Crippen LogP contribution in [0.4, 0.5) is 0 Å². The molecule has 0 aliphatic carbocycles. The molecule has 0 atom stereocenters. The zero-order valence-corrected chi connectivity index (χ0v) is 21.2. The van der Waals surface area contributed by atoms with E-state index in [0.717, 1.165) is 34.2 Å². The number of hydrogen-bond donors (Lipinski definition) is 2. The average molecular weight is 511 g/mol. The maximum Gasteiger partial charge on any atom is 0.336 e. The number of aromatic carboxylic acids is 1. The highest BCUT2D eigenvalue weighted by atomic mass is 35.5. The molecular formula is C28H28Cl2N2O3. The number of hydrogen-bond acceptors (Lipinski definition) is 4. The van der Waals surface area contributed by atoms with Crippen molar-refractivity contribution in [2.24, 2.45) is 5.73 Å². The fourth-order valence-corrected chi connectivity index (χ4v) is 3.81. The maximum atomic E-state index is 11.8. The van der Waals surface area contributed by atoms with Gasteiger partial charge in [0.15, 0.2) is 0 Å². The van der Waals surface area contributed by atoms with Crippen molar-refractivity contribution in [3.63, 3.8) is 0 Å². The van der Waals surface area contributed by atoms with Gasteiger partial charge in [-0.3, -0.25) is 0 Å². The fourth-order valence-electron chi connectivity index (χ4n) is 3.81. The normalized spacial score (nSPS) is 10.1. The molecule has 0 spiro atoms. The number of benzene rings is 3. The maximum absolute atomic E-state index is 11.8. The van der Waals surface area contributed by atoms with E-state index in [4.69, 9.17) is 10.5 Å². The first kappa shape index (κ1) is 27.9. The summed E-state index contributed by atoms with van der Waals surface area (Å²) in [5.74, 6) is 0.0831. The van der Waals surface area contributed by atoms with Gasteiger partial charge >= 0.3 is 5.97 Å². The minimum Gasteiger partial charge on any atom is -0.478 e. The molecule has 0 saturated heterocycles. The van der Waals surface area contributed by atoms with Gasteiger partial charge in [-0.2, -0.15) is 0 Å². The van der Waals surface area contributed by atoms with E-state index in [9.17, 15) is 9.90 Å². The van der Waals surface area contributed by atoms with E-state index < -0.39 is 5.97 Å². The Bertz CT molecular complexity index is 1330. The van der Waals surface area contributed by atoms with E-state index in [1.165, 1.54) is 0 Å². The zero-order chi connectivity index (χ0) is 23.4.